The van der Waals surface area contributed by atoms with E-state index in [2.05, 4.69) is 27.5 Å². The minimum atomic E-state index is -0.168. The highest BCUT2D eigenvalue weighted by Crippen LogP contribution is 2.12. The molecular weight excluding hydrogens is 312 g/mol. The first-order valence-electron chi connectivity index (χ1n) is 7.70. The number of nitrogens with zero attached hydrogens (tertiary/aromatic N) is 2. The summed E-state index contributed by atoms with van der Waals surface area (Å²) in [7, 11) is 0. The first-order valence-corrected chi connectivity index (χ1v) is 8.08. The molecule has 0 spiro atoms. The number of rotatable bonds is 7. The SMILES string of the molecule is CCCCNC(=O)c1cc(NCc2ccc(Cl)cc2)nc(C)n1. The van der Waals surface area contributed by atoms with Gasteiger partial charge >= 0.3 is 0 Å². The number of nitrogens with one attached hydrogen (secondary N) is 2. The van der Waals surface area contributed by atoms with Gasteiger partial charge in [-0.05, 0) is 31.0 Å². The predicted molar refractivity (Wildman–Crippen MR) is 92.8 cm³/mol. The number of anilines is 1. The van der Waals surface area contributed by atoms with Gasteiger partial charge in [-0.25, -0.2) is 9.97 Å². The molecule has 0 radical (unpaired) electrons. The van der Waals surface area contributed by atoms with Crippen LogP contribution in [0.4, 0.5) is 5.82 Å². The van der Waals surface area contributed by atoms with Crippen LogP contribution < -0.4 is 10.6 Å². The number of halogens is 1. The number of carbonyl (C=O) groups excluding carboxylic acids is 1. The van der Waals surface area contributed by atoms with Crippen molar-refractivity contribution in [1.29, 1.82) is 0 Å². The summed E-state index contributed by atoms with van der Waals surface area (Å²) in [5, 5.41) is 6.78. The molecular formula is C17H21ClN4O. The summed E-state index contributed by atoms with van der Waals surface area (Å²) in [5.74, 6) is 1.03. The van der Waals surface area contributed by atoms with E-state index in [9.17, 15) is 4.79 Å². The van der Waals surface area contributed by atoms with Crippen molar-refractivity contribution in [3.63, 3.8) is 0 Å². The summed E-state index contributed by atoms with van der Waals surface area (Å²) in [6.07, 6.45) is 1.99. The molecule has 0 fully saturated rings. The number of aromatic nitrogens is 2. The Kier molecular flexibility index (Phi) is 6.35. The molecule has 2 aromatic rings. The van der Waals surface area contributed by atoms with Crippen LogP contribution >= 0.6 is 11.6 Å². The van der Waals surface area contributed by atoms with E-state index < -0.39 is 0 Å². The second-order valence-electron chi connectivity index (χ2n) is 5.28. The fraction of sp³-hybridized carbons (Fsp3) is 0.353. The number of amides is 1. The first kappa shape index (κ1) is 17.2. The molecule has 0 bridgehead atoms. The fourth-order valence-electron chi connectivity index (χ4n) is 2.04. The Morgan fingerprint density at radius 2 is 1.96 bits per heavy atom. The Morgan fingerprint density at radius 1 is 1.22 bits per heavy atom. The van der Waals surface area contributed by atoms with Crippen LogP contribution in [-0.2, 0) is 6.54 Å². The average molecular weight is 333 g/mol. The van der Waals surface area contributed by atoms with E-state index in [1.165, 1.54) is 0 Å². The van der Waals surface area contributed by atoms with Crippen LogP contribution in [0.25, 0.3) is 0 Å². The number of unbranched alkanes of at least 4 members (excludes halogenated alkanes) is 1. The lowest BCUT2D eigenvalue weighted by atomic mass is 10.2. The quantitative estimate of drug-likeness (QED) is 0.760. The largest absolute Gasteiger partial charge is 0.366 e. The second-order valence-corrected chi connectivity index (χ2v) is 5.71. The second kappa shape index (κ2) is 8.48. The third-order valence-corrected chi connectivity index (χ3v) is 3.53. The Hall–Kier alpha value is -2.14. The maximum absolute atomic E-state index is 12.1. The molecule has 0 atom stereocenters. The molecule has 1 heterocycles. The van der Waals surface area contributed by atoms with Gasteiger partial charge in [0.15, 0.2) is 0 Å². The number of benzene rings is 1. The lowest BCUT2D eigenvalue weighted by Gasteiger charge is -2.09. The van der Waals surface area contributed by atoms with Crippen LogP contribution in [-0.4, -0.2) is 22.4 Å². The lowest BCUT2D eigenvalue weighted by Crippen LogP contribution is -2.25. The molecule has 0 unspecified atom stereocenters. The number of carbonyl (C=O) groups is 1. The molecule has 1 aromatic carbocycles. The van der Waals surface area contributed by atoms with Crippen LogP contribution in [0, 0.1) is 6.92 Å². The van der Waals surface area contributed by atoms with Gasteiger partial charge in [0.1, 0.15) is 17.3 Å². The molecule has 0 saturated heterocycles. The zero-order chi connectivity index (χ0) is 16.7. The molecule has 6 heteroatoms. The molecule has 1 aromatic heterocycles. The standard InChI is InChI=1S/C17H21ClN4O/c1-3-4-9-19-17(23)15-10-16(22-12(2)21-15)20-11-13-5-7-14(18)8-6-13/h5-8,10H,3-4,9,11H2,1-2H3,(H,19,23)(H,20,21,22). The molecule has 0 saturated carbocycles. The van der Waals surface area contributed by atoms with E-state index >= 15 is 0 Å². The summed E-state index contributed by atoms with van der Waals surface area (Å²) in [6.45, 7) is 5.12. The fourth-order valence-corrected chi connectivity index (χ4v) is 2.16. The smallest absolute Gasteiger partial charge is 0.270 e. The van der Waals surface area contributed by atoms with Gasteiger partial charge in [0.05, 0.1) is 0 Å². The van der Waals surface area contributed by atoms with Gasteiger partial charge in [-0.1, -0.05) is 37.1 Å². The number of hydrogen-bond acceptors (Lipinski definition) is 4. The Balaban J connectivity index is 2.01. The van der Waals surface area contributed by atoms with Crippen LogP contribution in [0.1, 0.15) is 41.6 Å². The zero-order valence-corrected chi connectivity index (χ0v) is 14.2. The van der Waals surface area contributed by atoms with Gasteiger partial charge in [-0.2, -0.15) is 0 Å². The minimum Gasteiger partial charge on any atom is -0.366 e. The molecule has 0 aliphatic carbocycles. The van der Waals surface area contributed by atoms with Gasteiger partial charge in [-0.15, -0.1) is 0 Å². The topological polar surface area (TPSA) is 66.9 Å². The Morgan fingerprint density at radius 3 is 2.65 bits per heavy atom. The molecule has 23 heavy (non-hydrogen) atoms. The van der Waals surface area contributed by atoms with E-state index in [0.717, 1.165) is 18.4 Å². The summed E-state index contributed by atoms with van der Waals surface area (Å²) in [6, 6.07) is 9.25. The van der Waals surface area contributed by atoms with Crippen molar-refractivity contribution in [2.45, 2.75) is 33.2 Å². The molecule has 1 amide bonds. The van der Waals surface area contributed by atoms with Gasteiger partial charge in [0.2, 0.25) is 0 Å². The molecule has 122 valence electrons. The highest BCUT2D eigenvalue weighted by atomic mass is 35.5. The molecule has 0 aliphatic rings. The molecule has 5 nitrogen and oxygen atoms in total. The number of hydrogen-bond donors (Lipinski definition) is 2. The van der Waals surface area contributed by atoms with E-state index in [1.54, 1.807) is 13.0 Å². The third-order valence-electron chi connectivity index (χ3n) is 3.27. The highest BCUT2D eigenvalue weighted by molar-refractivity contribution is 6.30. The molecule has 2 N–H and O–H groups in total. The van der Waals surface area contributed by atoms with Crippen molar-refractivity contribution in [2.75, 3.05) is 11.9 Å². The van der Waals surface area contributed by atoms with Crippen LogP contribution in [0.2, 0.25) is 5.02 Å². The third kappa shape index (κ3) is 5.53. The Bertz CT molecular complexity index is 658. The highest BCUT2D eigenvalue weighted by Gasteiger charge is 2.09. The van der Waals surface area contributed by atoms with E-state index in [1.807, 2.05) is 24.3 Å². The van der Waals surface area contributed by atoms with E-state index in [4.69, 9.17) is 11.6 Å². The van der Waals surface area contributed by atoms with Gasteiger partial charge in [0, 0.05) is 24.2 Å². The van der Waals surface area contributed by atoms with Crippen LogP contribution in [0.5, 0.6) is 0 Å². The van der Waals surface area contributed by atoms with E-state index in [-0.39, 0.29) is 5.91 Å². The maximum atomic E-state index is 12.1. The van der Waals surface area contributed by atoms with Gasteiger partial charge in [0.25, 0.3) is 5.91 Å². The monoisotopic (exact) mass is 332 g/mol. The van der Waals surface area contributed by atoms with Crippen molar-refractivity contribution in [1.82, 2.24) is 15.3 Å². The summed E-state index contributed by atoms with van der Waals surface area (Å²) in [5.41, 5.74) is 1.46. The normalized spacial score (nSPS) is 10.4. The van der Waals surface area contributed by atoms with Crippen molar-refractivity contribution < 1.29 is 4.79 Å². The van der Waals surface area contributed by atoms with Crippen LogP contribution in [0.15, 0.2) is 30.3 Å². The van der Waals surface area contributed by atoms with E-state index in [0.29, 0.717) is 35.4 Å². The first-order chi connectivity index (χ1) is 11.1. The lowest BCUT2D eigenvalue weighted by molar-refractivity contribution is 0.0948. The zero-order valence-electron chi connectivity index (χ0n) is 13.4. The molecule has 0 aliphatic heterocycles. The average Bonchev–Trinajstić information content (AvgIpc) is 2.54. The van der Waals surface area contributed by atoms with Crippen LogP contribution in [0.3, 0.4) is 0 Å². The van der Waals surface area contributed by atoms with Crippen molar-refractivity contribution >= 4 is 23.3 Å². The van der Waals surface area contributed by atoms with Crippen molar-refractivity contribution in [3.8, 4) is 0 Å². The summed E-state index contributed by atoms with van der Waals surface area (Å²) >= 11 is 5.87. The summed E-state index contributed by atoms with van der Waals surface area (Å²) in [4.78, 5) is 20.6. The van der Waals surface area contributed by atoms with Crippen molar-refractivity contribution in [3.05, 3.63) is 52.4 Å². The Labute approximate surface area is 141 Å². The van der Waals surface area contributed by atoms with Gasteiger partial charge in [-0.3, -0.25) is 4.79 Å². The minimum absolute atomic E-state index is 0.168. The van der Waals surface area contributed by atoms with Gasteiger partial charge < -0.3 is 10.6 Å². The predicted octanol–water partition coefficient (Wildman–Crippen LogP) is 3.58. The maximum Gasteiger partial charge on any atom is 0.270 e. The number of aryl methyl sites for hydroxylation is 1. The molecule has 2 rings (SSSR count). The van der Waals surface area contributed by atoms with Crippen molar-refractivity contribution in [2.24, 2.45) is 0 Å². The summed E-state index contributed by atoms with van der Waals surface area (Å²) < 4.78 is 0.